The van der Waals surface area contributed by atoms with Crippen molar-refractivity contribution in [2.24, 2.45) is 0 Å². The van der Waals surface area contributed by atoms with Crippen LogP contribution in [0.1, 0.15) is 20.7 Å². The number of hydrogen-bond acceptors (Lipinski definition) is 5. The van der Waals surface area contributed by atoms with E-state index in [-0.39, 0.29) is 16.9 Å². The summed E-state index contributed by atoms with van der Waals surface area (Å²) >= 11 is 11.5. The second kappa shape index (κ2) is 11.7. The van der Waals surface area contributed by atoms with E-state index >= 15 is 0 Å². The molecule has 1 saturated heterocycles. The van der Waals surface area contributed by atoms with Crippen LogP contribution in [0.2, 0.25) is 5.02 Å². The summed E-state index contributed by atoms with van der Waals surface area (Å²) in [7, 11) is 1.54. The number of halogens is 1. The minimum atomic E-state index is -0.260. The van der Waals surface area contributed by atoms with Crippen LogP contribution in [0.15, 0.2) is 84.9 Å². The zero-order valence-corrected chi connectivity index (χ0v) is 22.9. The van der Waals surface area contributed by atoms with Crippen LogP contribution in [0.3, 0.4) is 0 Å². The lowest BCUT2D eigenvalue weighted by molar-refractivity contribution is 0.0743. The molecule has 198 valence electrons. The molecule has 0 spiro atoms. The number of carbonyl (C=O) groups excluding carboxylic acids is 2. The van der Waals surface area contributed by atoms with Gasteiger partial charge in [-0.1, -0.05) is 48.0 Å². The lowest BCUT2D eigenvalue weighted by atomic mass is 10.0. The number of methoxy groups -OCH3 is 1. The van der Waals surface area contributed by atoms with Crippen LogP contribution >= 0.6 is 23.8 Å². The SMILES string of the molecule is COc1ccc(Cl)cc1C(=O)N1CCN(c2ccc(NC(=S)NC(=O)c3cccc4ccccc34)cc2)CC1. The number of rotatable bonds is 5. The summed E-state index contributed by atoms with van der Waals surface area (Å²) in [6, 6.07) is 26.2. The number of nitrogens with zero attached hydrogens (tertiary/aromatic N) is 2. The first kappa shape index (κ1) is 26.5. The molecule has 4 aromatic carbocycles. The molecule has 0 saturated carbocycles. The Kier molecular flexibility index (Phi) is 7.95. The molecule has 1 heterocycles. The highest BCUT2D eigenvalue weighted by Gasteiger charge is 2.25. The summed E-state index contributed by atoms with van der Waals surface area (Å²) in [5.74, 6) is 0.164. The zero-order valence-electron chi connectivity index (χ0n) is 21.3. The molecule has 1 fully saturated rings. The number of ether oxygens (including phenoxy) is 1. The van der Waals surface area contributed by atoms with E-state index in [1.807, 2.05) is 65.6 Å². The molecule has 9 heteroatoms. The monoisotopic (exact) mass is 558 g/mol. The van der Waals surface area contributed by atoms with Crippen molar-refractivity contribution in [1.29, 1.82) is 0 Å². The fraction of sp³-hybridized carbons (Fsp3) is 0.167. The molecule has 0 unspecified atom stereocenters. The van der Waals surface area contributed by atoms with Gasteiger partial charge in [-0.2, -0.15) is 0 Å². The summed E-state index contributed by atoms with van der Waals surface area (Å²) in [6.45, 7) is 2.55. The first-order valence-electron chi connectivity index (χ1n) is 12.5. The Morgan fingerprint density at radius 2 is 1.59 bits per heavy atom. The highest BCUT2D eigenvalue weighted by atomic mass is 35.5. The molecule has 2 amide bonds. The molecule has 1 aliphatic heterocycles. The molecule has 39 heavy (non-hydrogen) atoms. The molecule has 0 radical (unpaired) electrons. The fourth-order valence-electron chi connectivity index (χ4n) is 4.70. The van der Waals surface area contributed by atoms with Crippen LogP contribution in [0.4, 0.5) is 11.4 Å². The molecule has 2 N–H and O–H groups in total. The molecular formula is C30H27ClN4O3S. The van der Waals surface area contributed by atoms with Crippen molar-refractivity contribution in [2.45, 2.75) is 0 Å². The summed E-state index contributed by atoms with van der Waals surface area (Å²) in [4.78, 5) is 30.0. The minimum Gasteiger partial charge on any atom is -0.496 e. The molecule has 4 aromatic rings. The van der Waals surface area contributed by atoms with Gasteiger partial charge >= 0.3 is 0 Å². The van der Waals surface area contributed by atoms with E-state index in [9.17, 15) is 9.59 Å². The largest absolute Gasteiger partial charge is 0.496 e. The van der Waals surface area contributed by atoms with Crippen molar-refractivity contribution < 1.29 is 14.3 Å². The van der Waals surface area contributed by atoms with Crippen LogP contribution in [0.25, 0.3) is 10.8 Å². The highest BCUT2D eigenvalue weighted by molar-refractivity contribution is 7.80. The maximum atomic E-state index is 13.1. The van der Waals surface area contributed by atoms with Crippen molar-refractivity contribution in [3.63, 3.8) is 0 Å². The molecule has 0 aliphatic carbocycles. The van der Waals surface area contributed by atoms with E-state index < -0.39 is 0 Å². The van der Waals surface area contributed by atoms with Crippen LogP contribution in [-0.2, 0) is 0 Å². The molecular weight excluding hydrogens is 532 g/mol. The Balaban J connectivity index is 1.16. The average molecular weight is 559 g/mol. The third kappa shape index (κ3) is 5.97. The molecule has 5 rings (SSSR count). The number of amides is 2. The van der Waals surface area contributed by atoms with E-state index in [0.29, 0.717) is 48.1 Å². The molecule has 0 aromatic heterocycles. The third-order valence-electron chi connectivity index (χ3n) is 6.71. The number of piperazine rings is 1. The van der Waals surface area contributed by atoms with Crippen LogP contribution in [-0.4, -0.2) is 55.1 Å². The maximum Gasteiger partial charge on any atom is 0.258 e. The topological polar surface area (TPSA) is 73.9 Å². The fourth-order valence-corrected chi connectivity index (χ4v) is 5.08. The lowest BCUT2D eigenvalue weighted by Gasteiger charge is -2.36. The predicted octanol–water partition coefficient (Wildman–Crippen LogP) is 5.59. The Hall–Kier alpha value is -4.14. The first-order valence-corrected chi connectivity index (χ1v) is 13.3. The normalized spacial score (nSPS) is 13.2. The molecule has 0 atom stereocenters. The quantitative estimate of drug-likeness (QED) is 0.311. The number of benzene rings is 4. The van der Waals surface area contributed by atoms with Crippen molar-refractivity contribution >= 4 is 62.9 Å². The number of carbonyl (C=O) groups is 2. The van der Waals surface area contributed by atoms with Crippen molar-refractivity contribution in [3.05, 3.63) is 101 Å². The van der Waals surface area contributed by atoms with E-state index in [2.05, 4.69) is 15.5 Å². The number of fused-ring (bicyclic) bond motifs is 1. The molecule has 7 nitrogen and oxygen atoms in total. The van der Waals surface area contributed by atoms with Gasteiger partial charge in [0.15, 0.2) is 5.11 Å². The Labute approximate surface area is 237 Å². The van der Waals surface area contributed by atoms with Gasteiger partial charge in [0.1, 0.15) is 5.75 Å². The van der Waals surface area contributed by atoms with Crippen LogP contribution < -0.4 is 20.3 Å². The van der Waals surface area contributed by atoms with Crippen LogP contribution in [0, 0.1) is 0 Å². The maximum absolute atomic E-state index is 13.1. The van der Waals surface area contributed by atoms with Gasteiger partial charge < -0.3 is 19.9 Å². The Morgan fingerprint density at radius 1 is 0.872 bits per heavy atom. The van der Waals surface area contributed by atoms with E-state index in [4.69, 9.17) is 28.6 Å². The number of thiocarbonyl (C=S) groups is 1. The van der Waals surface area contributed by atoms with E-state index in [0.717, 1.165) is 22.1 Å². The summed E-state index contributed by atoms with van der Waals surface area (Å²) < 4.78 is 5.35. The number of nitrogens with one attached hydrogen (secondary N) is 2. The summed E-state index contributed by atoms with van der Waals surface area (Å²) in [5.41, 5.74) is 2.85. The minimum absolute atomic E-state index is 0.0902. The number of hydrogen-bond donors (Lipinski definition) is 2. The van der Waals surface area contributed by atoms with Gasteiger partial charge in [-0.05, 0) is 71.5 Å². The first-order chi connectivity index (χ1) is 18.9. The zero-order chi connectivity index (χ0) is 27.4. The van der Waals surface area contributed by atoms with Crippen molar-refractivity contribution in [3.8, 4) is 5.75 Å². The van der Waals surface area contributed by atoms with Gasteiger partial charge in [0.2, 0.25) is 0 Å². The summed E-state index contributed by atoms with van der Waals surface area (Å²) in [6.07, 6.45) is 0. The van der Waals surface area contributed by atoms with Gasteiger partial charge in [0.25, 0.3) is 11.8 Å². The second-order valence-corrected chi connectivity index (χ2v) is 9.95. The van der Waals surface area contributed by atoms with Gasteiger partial charge in [-0.25, -0.2) is 0 Å². The Morgan fingerprint density at radius 3 is 2.33 bits per heavy atom. The standard InChI is InChI=1S/C30H27ClN4O3S/c1-38-27-14-9-21(31)19-26(27)29(37)35-17-15-34(16-18-35)23-12-10-22(11-13-23)32-30(39)33-28(36)25-8-4-6-20-5-2-3-7-24(20)25/h2-14,19H,15-18H2,1H3,(H2,32,33,36,39). The molecule has 1 aliphatic rings. The highest BCUT2D eigenvalue weighted by Crippen LogP contribution is 2.26. The van der Waals surface area contributed by atoms with Gasteiger partial charge in [-0.3, -0.25) is 14.9 Å². The van der Waals surface area contributed by atoms with E-state index in [1.165, 1.54) is 0 Å². The summed E-state index contributed by atoms with van der Waals surface area (Å²) in [5, 5.41) is 8.45. The average Bonchev–Trinajstić information content (AvgIpc) is 2.97. The molecule has 0 bridgehead atoms. The third-order valence-corrected chi connectivity index (χ3v) is 7.15. The van der Waals surface area contributed by atoms with Crippen LogP contribution in [0.5, 0.6) is 5.75 Å². The van der Waals surface area contributed by atoms with E-state index in [1.54, 1.807) is 31.4 Å². The van der Waals surface area contributed by atoms with Gasteiger partial charge in [-0.15, -0.1) is 0 Å². The second-order valence-electron chi connectivity index (χ2n) is 9.11. The van der Waals surface area contributed by atoms with Gasteiger partial charge in [0, 0.05) is 48.1 Å². The lowest BCUT2D eigenvalue weighted by Crippen LogP contribution is -2.48. The smallest absolute Gasteiger partial charge is 0.258 e. The van der Waals surface area contributed by atoms with Crippen molar-refractivity contribution in [2.75, 3.05) is 43.5 Å². The Bertz CT molecular complexity index is 1530. The predicted molar refractivity (Wildman–Crippen MR) is 160 cm³/mol. The van der Waals surface area contributed by atoms with Crippen molar-refractivity contribution in [1.82, 2.24) is 10.2 Å². The number of anilines is 2. The van der Waals surface area contributed by atoms with Gasteiger partial charge in [0.05, 0.1) is 12.7 Å².